The van der Waals surface area contributed by atoms with Crippen molar-refractivity contribution in [2.24, 2.45) is 0 Å². The van der Waals surface area contributed by atoms with Gasteiger partial charge >= 0.3 is 24.1 Å². The molecule has 0 aliphatic carbocycles. The minimum atomic E-state index is -0.646. The second-order valence-electron chi connectivity index (χ2n) is 27.6. The molecule has 0 bridgehead atoms. The number of anilines is 2. The van der Waals surface area contributed by atoms with E-state index >= 15 is 0 Å². The first-order valence-corrected chi connectivity index (χ1v) is 38.8. The smallest absolute Gasteiger partial charge is 0.326 e. The van der Waals surface area contributed by atoms with Crippen LogP contribution in [0.4, 0.5) is 48.1 Å². The molecule has 2 fully saturated rings. The largest absolute Gasteiger partial charge is 0.378 e. The van der Waals surface area contributed by atoms with Gasteiger partial charge in [-0.1, -0.05) is 142 Å². The lowest BCUT2D eigenvalue weighted by Gasteiger charge is -2.35. The number of aromatic nitrogens is 8. The van der Waals surface area contributed by atoms with Gasteiger partial charge in [0.05, 0.1) is 35.5 Å². The van der Waals surface area contributed by atoms with Crippen LogP contribution in [0.1, 0.15) is 66.4 Å². The minimum absolute atomic E-state index is 0.0285. The average Bonchev–Trinajstić information content (AvgIpc) is 1.65. The molecule has 6 heterocycles. The Morgan fingerprint density at radius 2 is 0.685 bits per heavy atom. The van der Waals surface area contributed by atoms with Crippen molar-refractivity contribution in [2.45, 2.75) is 27.7 Å². The van der Waals surface area contributed by atoms with Crippen molar-refractivity contribution in [3.63, 3.8) is 0 Å². The van der Waals surface area contributed by atoms with E-state index in [0.717, 1.165) is 16.8 Å². The number of nitrogens with one attached hydrogen (secondary N) is 5. The summed E-state index contributed by atoms with van der Waals surface area (Å²) in [6.45, 7) is 12.6. The molecular weight excluding hydrogens is 1600 g/mol. The van der Waals surface area contributed by atoms with Crippen LogP contribution in [0, 0.1) is 37.1 Å². The molecule has 2 aliphatic rings. The average molecular weight is 1680 g/mol. The second-order valence-corrected chi connectivity index (χ2v) is 27.6. The molecular formula is C90H77F4N17O13. The first kappa shape index (κ1) is 85.9. The van der Waals surface area contributed by atoms with Crippen molar-refractivity contribution in [1.82, 2.24) is 76.5 Å². The number of para-hydroxylation sites is 1. The Balaban J connectivity index is 0.000000143. The van der Waals surface area contributed by atoms with E-state index < -0.39 is 71.0 Å². The van der Waals surface area contributed by atoms with Crippen LogP contribution in [0.3, 0.4) is 0 Å². The Hall–Kier alpha value is -16.0. The fourth-order valence-electron chi connectivity index (χ4n) is 12.8. The molecule has 30 nitrogen and oxygen atoms in total. The van der Waals surface area contributed by atoms with Crippen LogP contribution in [0.5, 0.6) is 0 Å². The maximum absolute atomic E-state index is 14.0. The van der Waals surface area contributed by atoms with Gasteiger partial charge in [0.1, 0.15) is 23.3 Å². The number of morpholine rings is 1. The summed E-state index contributed by atoms with van der Waals surface area (Å²) in [5.74, 6) is -3.12. The van der Waals surface area contributed by atoms with Crippen molar-refractivity contribution >= 4 is 59.1 Å². The van der Waals surface area contributed by atoms with E-state index in [4.69, 9.17) is 22.8 Å². The lowest BCUT2D eigenvalue weighted by atomic mass is 10.1. The summed E-state index contributed by atoms with van der Waals surface area (Å²) < 4.78 is 81.6. The van der Waals surface area contributed by atoms with Gasteiger partial charge in [0.15, 0.2) is 0 Å². The quantitative estimate of drug-likeness (QED) is 0.0561. The number of hydrogen-bond donors (Lipinski definition) is 5. The summed E-state index contributed by atoms with van der Waals surface area (Å²) in [6.07, 6.45) is 0. The van der Waals surface area contributed by atoms with Crippen LogP contribution in [-0.4, -0.2) is 169 Å². The van der Waals surface area contributed by atoms with Crippen molar-refractivity contribution in [1.29, 1.82) is 0 Å². The van der Waals surface area contributed by atoms with Crippen molar-refractivity contribution in [3.8, 4) is 91.4 Å². The normalized spacial score (nSPS) is 12.2. The standard InChI is InChI=1S/C26H22FN5O3.C24H19FN4O3.C20H17FN4O4.C20H19FN4O3/c27-22-12-5-4-11-21(22)25-28-23(30-35-25)18-7-6-8-19(17-18)24(33)29-26(34)32-15-13-31(14-16-32)20-9-2-1-3-10-20;1-14-10-15(2)12-18(11-14)26-24(31)28-22(30)17-7-5-6-16(13-17)21-27-23(32-29-21)19-8-3-4-9-20(19)25;21-16-7-2-1-6-15(16)19-22-17(24-29-19)13-4-3-5-14(12-13)18(26)23-20(27)25-8-10-28-11-9-25;1-3-25(4-2)20(27)23-18(26)14-9-7-8-13(12-14)17-22-19(28-24-17)15-10-5-6-11-16(15)21/h1-12,17H,13-16H2,(H,29,33,34);3-13H,1-2H3,(H2,26,28,30,31);1-7,12H,8-11H2,(H,23,26,27);5-12H,3-4H2,1-2H3,(H,23,26,27). The number of piperazine rings is 1. The highest BCUT2D eigenvalue weighted by Gasteiger charge is 2.27. The van der Waals surface area contributed by atoms with Crippen molar-refractivity contribution < 1.29 is 78.7 Å². The Morgan fingerprint density at radius 3 is 1.03 bits per heavy atom. The summed E-state index contributed by atoms with van der Waals surface area (Å²) in [7, 11) is 0. The number of nitrogens with zero attached hydrogens (tertiary/aromatic N) is 12. The van der Waals surface area contributed by atoms with Gasteiger partial charge in [0.25, 0.3) is 47.2 Å². The lowest BCUT2D eigenvalue weighted by Crippen LogP contribution is -2.52. The van der Waals surface area contributed by atoms with E-state index in [2.05, 4.69) is 72.0 Å². The Kier molecular flexibility index (Phi) is 28.1. The summed E-state index contributed by atoms with van der Waals surface area (Å²) in [4.78, 5) is 123. The van der Waals surface area contributed by atoms with Gasteiger partial charge in [0.2, 0.25) is 23.3 Å². The molecule has 0 atom stereocenters. The highest BCUT2D eigenvalue weighted by Crippen LogP contribution is 2.31. The number of imide groups is 4. The predicted octanol–water partition coefficient (Wildman–Crippen LogP) is 15.8. The summed E-state index contributed by atoms with van der Waals surface area (Å²) >= 11 is 0. The minimum Gasteiger partial charge on any atom is -0.378 e. The SMILES string of the molecule is CCN(CC)C(=O)NC(=O)c1cccc(-c2noc(-c3ccccc3F)n2)c1.Cc1cc(C)cc(NC(=O)NC(=O)c2cccc(-c3noc(-c4ccccc4F)n3)c2)c1.O=C(NC(=O)N1CCN(c2ccccc2)CC1)c1cccc(-c2noc(-c3ccccc3F)n2)c1.O=C(NC(=O)N1CCOCC1)c1cccc(-c2noc(-c3ccccc3F)n2)c1. The van der Waals surface area contributed by atoms with Crippen LogP contribution in [-0.2, 0) is 4.74 Å². The van der Waals surface area contributed by atoms with Gasteiger partial charge < -0.3 is 47.7 Å². The highest BCUT2D eigenvalue weighted by molar-refractivity contribution is 6.09. The van der Waals surface area contributed by atoms with E-state index in [1.54, 1.807) is 157 Å². The molecule has 2 aliphatic heterocycles. The first-order valence-electron chi connectivity index (χ1n) is 38.8. The monoisotopic (exact) mass is 1680 g/mol. The maximum Gasteiger partial charge on any atom is 0.326 e. The molecule has 0 unspecified atom stereocenters. The molecule has 4 aromatic heterocycles. The van der Waals surface area contributed by atoms with Crippen molar-refractivity contribution in [3.05, 3.63) is 299 Å². The maximum atomic E-state index is 14.0. The number of hydrogen-bond acceptors (Lipinski definition) is 22. The van der Waals surface area contributed by atoms with Gasteiger partial charge in [-0.05, 0) is 160 Å². The molecule has 0 saturated carbocycles. The third kappa shape index (κ3) is 22.1. The highest BCUT2D eigenvalue weighted by atomic mass is 19.1. The number of amides is 12. The van der Waals surface area contributed by atoms with E-state index in [1.807, 2.05) is 64.1 Å². The molecule has 2 saturated heterocycles. The molecule has 0 radical (unpaired) electrons. The van der Waals surface area contributed by atoms with Gasteiger partial charge in [0, 0.05) is 108 Å². The summed E-state index contributed by atoms with van der Waals surface area (Å²) in [5, 5.41) is 27.6. The van der Waals surface area contributed by atoms with E-state index in [1.165, 1.54) is 64.4 Å². The van der Waals surface area contributed by atoms with E-state index in [-0.39, 0.29) is 91.4 Å². The first-order chi connectivity index (χ1) is 60.1. The number of ether oxygens (including phenoxy) is 1. The van der Waals surface area contributed by atoms with Crippen LogP contribution in [0.15, 0.2) is 261 Å². The number of aryl methyl sites for hydroxylation is 2. The molecule has 628 valence electrons. The van der Waals surface area contributed by atoms with Crippen LogP contribution in [0.2, 0.25) is 0 Å². The number of carbonyl (C=O) groups is 8. The molecule has 12 amide bonds. The summed E-state index contributed by atoms with van der Waals surface area (Å²) in [5.41, 5.74) is 7.50. The molecule has 34 heteroatoms. The zero-order chi connectivity index (χ0) is 87.2. The Bertz CT molecular complexity index is 6160. The number of rotatable bonds is 16. The Morgan fingerprint density at radius 1 is 0.363 bits per heavy atom. The molecule has 10 aromatic carbocycles. The third-order valence-corrected chi connectivity index (χ3v) is 19.1. The molecule has 16 rings (SSSR count). The van der Waals surface area contributed by atoms with Gasteiger partial charge in [-0.2, -0.15) is 19.9 Å². The van der Waals surface area contributed by atoms with Crippen LogP contribution >= 0.6 is 0 Å². The number of benzene rings is 10. The molecule has 0 spiro atoms. The topological polar surface area (TPSA) is 375 Å². The number of carbonyl (C=O) groups excluding carboxylic acids is 8. The zero-order valence-corrected chi connectivity index (χ0v) is 66.9. The summed E-state index contributed by atoms with van der Waals surface area (Å²) in [6, 6.07) is 63.7. The fourth-order valence-corrected chi connectivity index (χ4v) is 12.8. The molecule has 124 heavy (non-hydrogen) atoms. The fraction of sp³-hybridized carbons (Fsp3) is 0.156. The van der Waals surface area contributed by atoms with Gasteiger partial charge in [-0.25, -0.2) is 36.7 Å². The molecule has 14 aromatic rings. The third-order valence-electron chi connectivity index (χ3n) is 19.1. The van der Waals surface area contributed by atoms with Crippen LogP contribution in [0.25, 0.3) is 91.4 Å². The lowest BCUT2D eigenvalue weighted by molar-refractivity contribution is 0.0524. The van der Waals surface area contributed by atoms with Crippen molar-refractivity contribution in [2.75, 3.05) is 75.8 Å². The van der Waals surface area contributed by atoms with E-state index in [9.17, 15) is 55.9 Å². The van der Waals surface area contributed by atoms with Crippen LogP contribution < -0.4 is 31.5 Å². The van der Waals surface area contributed by atoms with Gasteiger partial charge in [-0.15, -0.1) is 0 Å². The number of urea groups is 4. The van der Waals surface area contributed by atoms with Gasteiger partial charge in [-0.3, -0.25) is 40.4 Å². The molecule has 5 N–H and O–H groups in total. The number of halogens is 4. The van der Waals surface area contributed by atoms with E-state index in [0.29, 0.717) is 93.5 Å². The second kappa shape index (κ2) is 40.6. The Labute approximate surface area is 705 Å². The predicted molar refractivity (Wildman–Crippen MR) is 447 cm³/mol. The zero-order valence-electron chi connectivity index (χ0n) is 66.9.